The highest BCUT2D eigenvalue weighted by atomic mass is 16.1. The van der Waals surface area contributed by atoms with Crippen LogP contribution in [0.1, 0.15) is 5.56 Å². The van der Waals surface area contributed by atoms with Crippen LogP contribution in [0.15, 0.2) is 104 Å². The quantitative estimate of drug-likeness (QED) is 0.219. The smallest absolute Gasteiger partial charge is 0.211 e. The highest BCUT2D eigenvalue weighted by Crippen LogP contribution is 2.28. The van der Waals surface area contributed by atoms with Gasteiger partial charge in [0, 0.05) is 72.2 Å². The summed E-state index contributed by atoms with van der Waals surface area (Å²) in [5.74, 6) is 0. The lowest BCUT2D eigenvalue weighted by molar-refractivity contribution is -0.105. The molecule has 186 valence electrons. The molecule has 0 bridgehead atoms. The lowest BCUT2D eigenvalue weighted by atomic mass is 10.1. The molecule has 2 aromatic heterocycles. The minimum absolute atomic E-state index is 0.658. The van der Waals surface area contributed by atoms with Gasteiger partial charge in [-0.1, -0.05) is 18.2 Å². The zero-order valence-corrected chi connectivity index (χ0v) is 21.1. The molecule has 0 fully saturated rings. The van der Waals surface area contributed by atoms with Crippen molar-refractivity contribution in [3.63, 3.8) is 0 Å². The number of benzene rings is 3. The van der Waals surface area contributed by atoms with Gasteiger partial charge in [0.25, 0.3) is 0 Å². The van der Waals surface area contributed by atoms with Crippen LogP contribution in [0.25, 0.3) is 10.9 Å². The number of hydrogen-bond acceptors (Lipinski definition) is 6. The molecule has 7 heteroatoms. The average Bonchev–Trinajstić information content (AvgIpc) is 2.90. The lowest BCUT2D eigenvalue weighted by Crippen LogP contribution is -2.08. The van der Waals surface area contributed by atoms with Crippen LogP contribution in [0.2, 0.25) is 0 Å². The maximum absolute atomic E-state index is 10.3. The SMILES string of the molecule is Cc1cccc(Nc2ccnc3ccc(N(C)C)cc23)c1.O=CNc1cccc(Nc2ccncc2)c1. The van der Waals surface area contributed by atoms with Crippen molar-refractivity contribution >= 4 is 51.4 Å². The zero-order valence-electron chi connectivity index (χ0n) is 21.1. The first kappa shape index (κ1) is 25.2. The van der Waals surface area contributed by atoms with Crippen LogP contribution in [0.3, 0.4) is 0 Å². The number of aryl methyl sites for hydroxylation is 1. The molecule has 37 heavy (non-hydrogen) atoms. The minimum atomic E-state index is 0.658. The zero-order chi connectivity index (χ0) is 26.0. The topological polar surface area (TPSA) is 82.2 Å². The summed E-state index contributed by atoms with van der Waals surface area (Å²) in [4.78, 5) is 20.8. The molecule has 0 saturated heterocycles. The monoisotopic (exact) mass is 490 g/mol. The van der Waals surface area contributed by atoms with Crippen molar-refractivity contribution in [2.24, 2.45) is 0 Å². The van der Waals surface area contributed by atoms with Crippen LogP contribution < -0.4 is 20.9 Å². The number of nitrogens with one attached hydrogen (secondary N) is 3. The molecule has 0 aliphatic carbocycles. The first-order chi connectivity index (χ1) is 18.0. The second kappa shape index (κ2) is 12.2. The summed E-state index contributed by atoms with van der Waals surface area (Å²) in [6.07, 6.45) is 5.94. The summed E-state index contributed by atoms with van der Waals surface area (Å²) in [7, 11) is 4.09. The molecular weight excluding hydrogens is 460 g/mol. The summed E-state index contributed by atoms with van der Waals surface area (Å²) in [5, 5.41) is 10.4. The van der Waals surface area contributed by atoms with E-state index in [9.17, 15) is 4.79 Å². The van der Waals surface area contributed by atoms with E-state index in [4.69, 9.17) is 0 Å². The molecule has 0 saturated carbocycles. The Balaban J connectivity index is 0.000000180. The maximum atomic E-state index is 10.3. The molecule has 2 heterocycles. The molecule has 5 aromatic rings. The van der Waals surface area contributed by atoms with E-state index < -0.39 is 0 Å². The molecule has 3 aromatic carbocycles. The van der Waals surface area contributed by atoms with E-state index in [2.05, 4.69) is 80.2 Å². The van der Waals surface area contributed by atoms with E-state index in [1.54, 1.807) is 12.4 Å². The Morgan fingerprint density at radius 1 is 0.730 bits per heavy atom. The van der Waals surface area contributed by atoms with E-state index in [-0.39, 0.29) is 0 Å². The molecule has 5 rings (SSSR count). The Morgan fingerprint density at radius 3 is 2.19 bits per heavy atom. The second-order valence-corrected chi connectivity index (χ2v) is 8.65. The van der Waals surface area contributed by atoms with Crippen molar-refractivity contribution in [3.05, 3.63) is 109 Å². The summed E-state index contributed by atoms with van der Waals surface area (Å²) in [6.45, 7) is 2.10. The minimum Gasteiger partial charge on any atom is -0.378 e. The Labute approximate surface area is 217 Å². The van der Waals surface area contributed by atoms with Crippen molar-refractivity contribution in [3.8, 4) is 0 Å². The Bertz CT molecular complexity index is 1470. The van der Waals surface area contributed by atoms with Crippen molar-refractivity contribution in [1.29, 1.82) is 0 Å². The number of fused-ring (bicyclic) bond motifs is 1. The van der Waals surface area contributed by atoms with Crippen LogP contribution in [0.4, 0.5) is 34.1 Å². The molecule has 0 aliphatic rings. The van der Waals surface area contributed by atoms with Crippen LogP contribution in [-0.2, 0) is 4.79 Å². The number of carbonyl (C=O) groups is 1. The first-order valence-corrected chi connectivity index (χ1v) is 11.9. The highest BCUT2D eigenvalue weighted by molar-refractivity contribution is 5.95. The summed E-state index contributed by atoms with van der Waals surface area (Å²) in [5.41, 5.74) is 8.21. The third-order valence-electron chi connectivity index (χ3n) is 5.60. The van der Waals surface area contributed by atoms with E-state index in [0.29, 0.717) is 6.41 Å². The molecule has 0 atom stereocenters. The number of pyridine rings is 2. The van der Waals surface area contributed by atoms with Crippen molar-refractivity contribution in [1.82, 2.24) is 9.97 Å². The maximum Gasteiger partial charge on any atom is 0.211 e. The molecule has 0 spiro atoms. The summed E-state index contributed by atoms with van der Waals surface area (Å²) < 4.78 is 0. The fraction of sp³-hybridized carbons (Fsp3) is 0.100. The van der Waals surface area contributed by atoms with Gasteiger partial charge in [0.05, 0.1) is 5.52 Å². The Hall–Kier alpha value is -4.91. The van der Waals surface area contributed by atoms with Gasteiger partial charge >= 0.3 is 0 Å². The van der Waals surface area contributed by atoms with Crippen molar-refractivity contribution in [2.45, 2.75) is 6.92 Å². The second-order valence-electron chi connectivity index (χ2n) is 8.65. The van der Waals surface area contributed by atoms with Crippen LogP contribution in [0, 0.1) is 6.92 Å². The molecule has 0 unspecified atom stereocenters. The first-order valence-electron chi connectivity index (χ1n) is 11.9. The number of rotatable bonds is 7. The van der Waals surface area contributed by atoms with Gasteiger partial charge in [-0.15, -0.1) is 0 Å². The highest BCUT2D eigenvalue weighted by Gasteiger charge is 2.05. The number of hydrogen-bond donors (Lipinski definition) is 3. The molecule has 7 nitrogen and oxygen atoms in total. The van der Waals surface area contributed by atoms with Crippen LogP contribution in [-0.4, -0.2) is 30.5 Å². The van der Waals surface area contributed by atoms with Gasteiger partial charge in [-0.25, -0.2) is 0 Å². The van der Waals surface area contributed by atoms with Crippen LogP contribution >= 0.6 is 0 Å². The molecular formula is C30H30N6O. The van der Waals surface area contributed by atoms with Gasteiger partial charge in [0.2, 0.25) is 6.41 Å². The van der Waals surface area contributed by atoms with E-state index in [1.807, 2.05) is 62.8 Å². The van der Waals surface area contributed by atoms with Crippen LogP contribution in [0.5, 0.6) is 0 Å². The third-order valence-corrected chi connectivity index (χ3v) is 5.60. The molecule has 3 N–H and O–H groups in total. The van der Waals surface area contributed by atoms with Gasteiger partial charge in [0.15, 0.2) is 0 Å². The number of aromatic nitrogens is 2. The molecule has 0 aliphatic heterocycles. The number of carbonyl (C=O) groups excluding carboxylic acids is 1. The van der Waals surface area contributed by atoms with Gasteiger partial charge in [-0.3, -0.25) is 14.8 Å². The fourth-order valence-corrected chi connectivity index (χ4v) is 3.76. The summed E-state index contributed by atoms with van der Waals surface area (Å²) in [6, 6.07) is 27.9. The number of amides is 1. The largest absolute Gasteiger partial charge is 0.378 e. The normalized spacial score (nSPS) is 10.1. The van der Waals surface area contributed by atoms with Gasteiger partial charge in [0.1, 0.15) is 0 Å². The Kier molecular flexibility index (Phi) is 8.29. The van der Waals surface area contributed by atoms with Crippen molar-refractivity contribution in [2.75, 3.05) is 34.9 Å². The summed E-state index contributed by atoms with van der Waals surface area (Å²) >= 11 is 0. The van der Waals surface area contributed by atoms with E-state index in [1.165, 1.54) is 11.3 Å². The average molecular weight is 491 g/mol. The fourth-order valence-electron chi connectivity index (χ4n) is 3.76. The van der Waals surface area contributed by atoms with Gasteiger partial charge in [-0.05, 0) is 79.2 Å². The molecule has 0 radical (unpaired) electrons. The van der Waals surface area contributed by atoms with Crippen molar-refractivity contribution < 1.29 is 4.79 Å². The standard InChI is InChI=1S/C18H19N3.C12H11N3O/c1-13-5-4-6-14(11-13)20-18-9-10-19-17-8-7-15(21(2)3)12-16(17)18;16-9-14-11-2-1-3-12(8-11)15-10-4-6-13-7-5-10/h4-12H,1-3H3,(H,19,20);1-9H,(H,13,15)(H,14,16). The number of anilines is 6. The third kappa shape index (κ3) is 7.05. The van der Waals surface area contributed by atoms with Gasteiger partial charge in [-0.2, -0.15) is 0 Å². The van der Waals surface area contributed by atoms with Gasteiger partial charge < -0.3 is 20.9 Å². The predicted molar refractivity (Wildman–Crippen MR) is 154 cm³/mol. The molecule has 1 amide bonds. The van der Waals surface area contributed by atoms with E-state index in [0.717, 1.165) is 39.3 Å². The van der Waals surface area contributed by atoms with E-state index >= 15 is 0 Å². The number of nitrogens with zero attached hydrogens (tertiary/aromatic N) is 3. The predicted octanol–water partition coefficient (Wildman–Crippen LogP) is 6.75. The Morgan fingerprint density at radius 2 is 1.46 bits per heavy atom. The lowest BCUT2D eigenvalue weighted by Gasteiger charge is -2.15.